The van der Waals surface area contributed by atoms with Crippen LogP contribution < -0.4 is 10.0 Å². The van der Waals surface area contributed by atoms with Crippen molar-refractivity contribution in [2.45, 2.75) is 44.2 Å². The summed E-state index contributed by atoms with van der Waals surface area (Å²) in [5.41, 5.74) is 3.22. The first-order chi connectivity index (χ1) is 14.5. The molecule has 0 atom stereocenters. The molecule has 0 aliphatic rings. The van der Waals surface area contributed by atoms with Crippen molar-refractivity contribution >= 4 is 15.9 Å². The highest BCUT2D eigenvalue weighted by atomic mass is 32.2. The van der Waals surface area contributed by atoms with Crippen LogP contribution in [0, 0.1) is 0 Å². The number of carbonyl (C=O) groups is 1. The van der Waals surface area contributed by atoms with Gasteiger partial charge in [-0.05, 0) is 40.8 Å². The molecule has 1 amide bonds. The van der Waals surface area contributed by atoms with Gasteiger partial charge in [-0.3, -0.25) is 9.48 Å². The summed E-state index contributed by atoms with van der Waals surface area (Å²) < 4.78 is 29.4. The van der Waals surface area contributed by atoms with E-state index in [1.807, 2.05) is 25.4 Å². The predicted molar refractivity (Wildman–Crippen MR) is 120 cm³/mol. The van der Waals surface area contributed by atoms with Crippen molar-refractivity contribution in [3.8, 4) is 0 Å². The van der Waals surface area contributed by atoms with Gasteiger partial charge in [-0.2, -0.15) is 5.10 Å². The molecule has 0 radical (unpaired) electrons. The molecular weight excluding hydrogens is 412 g/mol. The molecular formula is C23H28N4O3S. The van der Waals surface area contributed by atoms with E-state index >= 15 is 0 Å². The van der Waals surface area contributed by atoms with Gasteiger partial charge < -0.3 is 5.32 Å². The lowest BCUT2D eigenvalue weighted by molar-refractivity contribution is 0.0951. The highest BCUT2D eigenvalue weighted by Crippen LogP contribution is 2.23. The Morgan fingerprint density at radius 1 is 0.968 bits per heavy atom. The Morgan fingerprint density at radius 3 is 2.16 bits per heavy atom. The monoisotopic (exact) mass is 440 g/mol. The SMILES string of the molecule is Cn1cc(CNC(=O)c2ccc(CNS(=O)(=O)c3ccc(C(C)(C)C)cc3)cc2)cn1. The number of benzene rings is 2. The van der Waals surface area contributed by atoms with Crippen LogP contribution in [0.5, 0.6) is 0 Å². The summed E-state index contributed by atoms with van der Waals surface area (Å²) in [6.45, 7) is 6.77. The number of aryl methyl sites for hydroxylation is 1. The van der Waals surface area contributed by atoms with E-state index in [1.54, 1.807) is 47.3 Å². The fraction of sp³-hybridized carbons (Fsp3) is 0.304. The van der Waals surface area contributed by atoms with Crippen LogP contribution in [0.2, 0.25) is 0 Å². The van der Waals surface area contributed by atoms with Gasteiger partial charge in [0.05, 0.1) is 11.1 Å². The largest absolute Gasteiger partial charge is 0.348 e. The molecule has 0 unspecified atom stereocenters. The maximum Gasteiger partial charge on any atom is 0.251 e. The van der Waals surface area contributed by atoms with E-state index in [1.165, 1.54) is 0 Å². The molecule has 2 aromatic carbocycles. The topological polar surface area (TPSA) is 93.1 Å². The third-order valence-corrected chi connectivity index (χ3v) is 6.34. The second-order valence-corrected chi connectivity index (χ2v) is 10.3. The molecule has 164 valence electrons. The molecule has 0 fully saturated rings. The van der Waals surface area contributed by atoms with Crippen LogP contribution in [-0.2, 0) is 35.6 Å². The van der Waals surface area contributed by atoms with E-state index in [0.29, 0.717) is 12.1 Å². The zero-order valence-electron chi connectivity index (χ0n) is 18.2. The zero-order chi connectivity index (χ0) is 22.6. The van der Waals surface area contributed by atoms with Crippen molar-refractivity contribution in [2.75, 3.05) is 0 Å². The average molecular weight is 441 g/mol. The molecule has 0 bridgehead atoms. The smallest absolute Gasteiger partial charge is 0.251 e. The first-order valence-electron chi connectivity index (χ1n) is 9.99. The Bertz CT molecular complexity index is 1140. The average Bonchev–Trinajstić information content (AvgIpc) is 3.15. The van der Waals surface area contributed by atoms with E-state index in [4.69, 9.17) is 0 Å². The van der Waals surface area contributed by atoms with E-state index in [-0.39, 0.29) is 22.8 Å². The number of aromatic nitrogens is 2. The molecule has 3 aromatic rings. The number of carbonyl (C=O) groups excluding carboxylic acids is 1. The van der Waals surface area contributed by atoms with Crippen LogP contribution in [-0.4, -0.2) is 24.1 Å². The van der Waals surface area contributed by atoms with Gasteiger partial charge in [0.2, 0.25) is 10.0 Å². The molecule has 31 heavy (non-hydrogen) atoms. The molecule has 2 N–H and O–H groups in total. The van der Waals surface area contributed by atoms with Gasteiger partial charge in [0.15, 0.2) is 0 Å². The normalized spacial score (nSPS) is 12.0. The minimum atomic E-state index is -3.62. The minimum absolute atomic E-state index is 0.0399. The second-order valence-electron chi connectivity index (χ2n) is 8.50. The van der Waals surface area contributed by atoms with Crippen molar-refractivity contribution in [3.05, 3.63) is 83.2 Å². The van der Waals surface area contributed by atoms with Crippen LogP contribution in [0.1, 0.15) is 47.8 Å². The van der Waals surface area contributed by atoms with Crippen molar-refractivity contribution in [1.29, 1.82) is 0 Å². The van der Waals surface area contributed by atoms with Crippen molar-refractivity contribution in [3.63, 3.8) is 0 Å². The van der Waals surface area contributed by atoms with Gasteiger partial charge in [-0.1, -0.05) is 45.0 Å². The van der Waals surface area contributed by atoms with Gasteiger partial charge in [0.1, 0.15) is 0 Å². The van der Waals surface area contributed by atoms with Crippen molar-refractivity contribution in [1.82, 2.24) is 19.8 Å². The van der Waals surface area contributed by atoms with Crippen LogP contribution in [0.3, 0.4) is 0 Å². The summed E-state index contributed by atoms with van der Waals surface area (Å²) in [6, 6.07) is 13.8. The summed E-state index contributed by atoms with van der Waals surface area (Å²) in [7, 11) is -1.80. The molecule has 8 heteroatoms. The number of amides is 1. The second kappa shape index (κ2) is 9.03. The summed E-state index contributed by atoms with van der Waals surface area (Å²) >= 11 is 0. The van der Waals surface area contributed by atoms with Gasteiger partial charge in [-0.25, -0.2) is 13.1 Å². The molecule has 0 aliphatic heterocycles. The molecule has 1 heterocycles. The Hall–Kier alpha value is -2.97. The van der Waals surface area contributed by atoms with E-state index in [2.05, 4.69) is 35.9 Å². The molecule has 7 nitrogen and oxygen atoms in total. The van der Waals surface area contributed by atoms with Gasteiger partial charge in [0, 0.05) is 37.5 Å². The lowest BCUT2D eigenvalue weighted by Gasteiger charge is -2.19. The molecule has 0 saturated carbocycles. The Balaban J connectivity index is 1.57. The molecule has 1 aromatic heterocycles. The van der Waals surface area contributed by atoms with Gasteiger partial charge in [0.25, 0.3) is 5.91 Å². The van der Waals surface area contributed by atoms with Crippen LogP contribution >= 0.6 is 0 Å². The Labute approximate surface area is 183 Å². The minimum Gasteiger partial charge on any atom is -0.348 e. The van der Waals surface area contributed by atoms with Crippen LogP contribution in [0.4, 0.5) is 0 Å². The lowest BCUT2D eigenvalue weighted by Crippen LogP contribution is -2.24. The first kappa shape index (κ1) is 22.7. The number of rotatable bonds is 7. The number of nitrogens with zero attached hydrogens (tertiary/aromatic N) is 2. The third-order valence-electron chi connectivity index (χ3n) is 4.92. The fourth-order valence-electron chi connectivity index (χ4n) is 3.02. The quantitative estimate of drug-likeness (QED) is 0.590. The third kappa shape index (κ3) is 6.02. The molecule has 0 aliphatic carbocycles. The van der Waals surface area contributed by atoms with E-state index in [9.17, 15) is 13.2 Å². The zero-order valence-corrected chi connectivity index (χ0v) is 19.0. The maximum absolute atomic E-state index is 12.6. The first-order valence-corrected chi connectivity index (χ1v) is 11.5. The van der Waals surface area contributed by atoms with Crippen LogP contribution in [0.15, 0.2) is 65.8 Å². The maximum atomic E-state index is 12.6. The lowest BCUT2D eigenvalue weighted by atomic mass is 9.87. The molecule has 3 rings (SSSR count). The van der Waals surface area contributed by atoms with E-state index in [0.717, 1.165) is 16.7 Å². The number of nitrogens with one attached hydrogen (secondary N) is 2. The summed E-state index contributed by atoms with van der Waals surface area (Å²) in [4.78, 5) is 12.5. The molecule has 0 spiro atoms. The number of hydrogen-bond acceptors (Lipinski definition) is 4. The van der Waals surface area contributed by atoms with Gasteiger partial charge in [-0.15, -0.1) is 0 Å². The van der Waals surface area contributed by atoms with Crippen molar-refractivity contribution < 1.29 is 13.2 Å². The highest BCUT2D eigenvalue weighted by molar-refractivity contribution is 7.89. The summed E-state index contributed by atoms with van der Waals surface area (Å²) in [5, 5.41) is 6.90. The summed E-state index contributed by atoms with van der Waals surface area (Å²) in [5.74, 6) is -0.199. The van der Waals surface area contributed by atoms with Crippen LogP contribution in [0.25, 0.3) is 0 Å². The fourth-order valence-corrected chi connectivity index (χ4v) is 4.04. The standard InChI is InChI=1S/C23H28N4O3S/c1-23(2,3)20-9-11-21(12-10-20)31(29,30)26-15-17-5-7-19(8-6-17)22(28)24-13-18-14-25-27(4)16-18/h5-12,14,16,26H,13,15H2,1-4H3,(H,24,28). The van der Waals surface area contributed by atoms with Crippen molar-refractivity contribution in [2.24, 2.45) is 7.05 Å². The van der Waals surface area contributed by atoms with E-state index < -0.39 is 10.0 Å². The Morgan fingerprint density at radius 2 is 1.61 bits per heavy atom. The summed E-state index contributed by atoms with van der Waals surface area (Å²) in [6.07, 6.45) is 3.54. The predicted octanol–water partition coefficient (Wildman–Crippen LogP) is 3.13. The molecule has 0 saturated heterocycles. The Kier molecular flexibility index (Phi) is 6.62. The number of sulfonamides is 1. The van der Waals surface area contributed by atoms with Gasteiger partial charge >= 0.3 is 0 Å². The highest BCUT2D eigenvalue weighted by Gasteiger charge is 2.17. The number of hydrogen-bond donors (Lipinski definition) is 2.